The maximum atomic E-state index is 8.73. The lowest BCUT2D eigenvalue weighted by atomic mass is 9.86. The van der Waals surface area contributed by atoms with Crippen LogP contribution in [0.4, 0.5) is 0 Å². The summed E-state index contributed by atoms with van der Waals surface area (Å²) >= 11 is 1.85. The minimum atomic E-state index is -0.231. The summed E-state index contributed by atoms with van der Waals surface area (Å²) in [5, 5.41) is 15.4. The zero-order valence-electron chi connectivity index (χ0n) is 12.9. The molecule has 5 heteroatoms. The Hall–Kier alpha value is -1.07. The molecule has 0 spiro atoms. The van der Waals surface area contributed by atoms with Crippen molar-refractivity contribution < 1.29 is 5.21 Å². The van der Waals surface area contributed by atoms with E-state index in [2.05, 4.69) is 36.5 Å². The topological polar surface area (TPSA) is 70.6 Å². The van der Waals surface area contributed by atoms with Crippen LogP contribution in [0.25, 0.3) is 0 Å². The van der Waals surface area contributed by atoms with Gasteiger partial charge in [-0.05, 0) is 45.4 Å². The van der Waals surface area contributed by atoms with Crippen LogP contribution in [0.3, 0.4) is 0 Å². The number of aryl methyl sites for hydroxylation is 1. The number of amidine groups is 1. The molecule has 1 rings (SSSR count). The smallest absolute Gasteiger partial charge is 0.144 e. The molecule has 1 atom stereocenters. The fraction of sp³-hybridized carbons (Fsp3) is 0.667. The van der Waals surface area contributed by atoms with Gasteiger partial charge in [-0.25, -0.2) is 0 Å². The van der Waals surface area contributed by atoms with Crippen molar-refractivity contribution in [3.05, 3.63) is 21.9 Å². The summed E-state index contributed by atoms with van der Waals surface area (Å²) in [5.74, 6) is 0.313. The van der Waals surface area contributed by atoms with Crippen molar-refractivity contribution >= 4 is 17.2 Å². The van der Waals surface area contributed by atoms with Gasteiger partial charge in [-0.15, -0.1) is 11.3 Å². The minimum absolute atomic E-state index is 0.231. The van der Waals surface area contributed by atoms with Crippen molar-refractivity contribution in [3.63, 3.8) is 0 Å². The molecule has 20 heavy (non-hydrogen) atoms. The van der Waals surface area contributed by atoms with Crippen LogP contribution in [-0.2, 0) is 0 Å². The van der Waals surface area contributed by atoms with E-state index in [1.165, 1.54) is 9.75 Å². The molecule has 1 heterocycles. The number of oxime groups is 1. The van der Waals surface area contributed by atoms with E-state index in [9.17, 15) is 0 Å². The van der Waals surface area contributed by atoms with Gasteiger partial charge in [-0.1, -0.05) is 25.4 Å². The first-order valence-electron chi connectivity index (χ1n) is 7.14. The maximum Gasteiger partial charge on any atom is 0.144 e. The van der Waals surface area contributed by atoms with Crippen LogP contribution < -0.4 is 11.1 Å². The second-order valence-corrected chi connectivity index (χ2v) is 7.27. The molecule has 0 radical (unpaired) electrons. The number of nitrogens with zero attached hydrogens (tertiary/aromatic N) is 1. The molecule has 4 nitrogen and oxygen atoms in total. The van der Waals surface area contributed by atoms with E-state index < -0.39 is 0 Å². The molecule has 0 saturated carbocycles. The highest BCUT2D eigenvalue weighted by Crippen LogP contribution is 2.24. The van der Waals surface area contributed by atoms with Crippen LogP contribution >= 0.6 is 11.3 Å². The number of nitrogens with one attached hydrogen (secondary N) is 1. The van der Waals surface area contributed by atoms with Gasteiger partial charge in [0, 0.05) is 21.2 Å². The zero-order chi connectivity index (χ0) is 15.2. The Morgan fingerprint density at radius 3 is 2.70 bits per heavy atom. The highest BCUT2D eigenvalue weighted by Gasteiger charge is 2.22. The Labute approximate surface area is 126 Å². The molecule has 0 aromatic carbocycles. The summed E-state index contributed by atoms with van der Waals surface area (Å²) in [5.41, 5.74) is 5.45. The number of hydrogen-bond acceptors (Lipinski definition) is 4. The molecular formula is C15H27N3OS. The van der Waals surface area contributed by atoms with Gasteiger partial charge < -0.3 is 16.3 Å². The van der Waals surface area contributed by atoms with Gasteiger partial charge in [0.25, 0.3) is 0 Å². The van der Waals surface area contributed by atoms with Crippen molar-refractivity contribution in [2.45, 2.75) is 53.0 Å². The third-order valence-corrected chi connectivity index (χ3v) is 4.85. The second-order valence-electron chi connectivity index (χ2n) is 5.95. The van der Waals surface area contributed by atoms with E-state index in [4.69, 9.17) is 10.9 Å². The number of unbranched alkanes of at least 4 members (excludes halogenated alkanes) is 1. The Balaban J connectivity index is 2.22. The van der Waals surface area contributed by atoms with Crippen molar-refractivity contribution in [1.82, 2.24) is 5.32 Å². The Morgan fingerprint density at radius 1 is 1.45 bits per heavy atom. The molecule has 1 aromatic rings. The van der Waals surface area contributed by atoms with Gasteiger partial charge in [0.15, 0.2) is 0 Å². The molecule has 0 aliphatic heterocycles. The minimum Gasteiger partial charge on any atom is -0.409 e. The molecule has 0 bridgehead atoms. The molecule has 0 saturated heterocycles. The van der Waals surface area contributed by atoms with E-state index in [1.807, 2.05) is 25.2 Å². The van der Waals surface area contributed by atoms with Crippen LogP contribution in [0.1, 0.15) is 55.8 Å². The van der Waals surface area contributed by atoms with Crippen LogP contribution in [-0.4, -0.2) is 17.6 Å². The fourth-order valence-electron chi connectivity index (χ4n) is 2.06. The highest BCUT2D eigenvalue weighted by atomic mass is 32.1. The summed E-state index contributed by atoms with van der Waals surface area (Å²) in [6.45, 7) is 9.34. The van der Waals surface area contributed by atoms with Gasteiger partial charge in [-0.2, -0.15) is 0 Å². The van der Waals surface area contributed by atoms with E-state index in [1.54, 1.807) is 0 Å². The van der Waals surface area contributed by atoms with Crippen molar-refractivity contribution in [3.8, 4) is 0 Å². The monoisotopic (exact) mass is 297 g/mol. The van der Waals surface area contributed by atoms with Crippen LogP contribution in [0.2, 0.25) is 0 Å². The maximum absolute atomic E-state index is 8.73. The Kier molecular flexibility index (Phi) is 6.49. The van der Waals surface area contributed by atoms with Crippen molar-refractivity contribution in [2.75, 3.05) is 6.54 Å². The molecule has 0 aliphatic rings. The second kappa shape index (κ2) is 7.64. The Bertz CT molecular complexity index is 440. The standard InChI is InChI=1S/C15H27N3OS/c1-11-7-8-13(20-11)12(2)17-10-6-5-9-15(3,4)14(16)18-19/h7-8,12,17,19H,5-6,9-10H2,1-4H3,(H2,16,18). The summed E-state index contributed by atoms with van der Waals surface area (Å²) < 4.78 is 0. The predicted octanol–water partition coefficient (Wildman–Crippen LogP) is 3.65. The SMILES string of the molecule is Cc1ccc(C(C)NCCCCC(C)(C)/C(N)=N/O)s1. The number of nitrogens with two attached hydrogens (primary N) is 1. The molecular weight excluding hydrogens is 270 g/mol. The predicted molar refractivity (Wildman–Crippen MR) is 86.5 cm³/mol. The van der Waals surface area contributed by atoms with Crippen LogP contribution in [0.15, 0.2) is 17.3 Å². The third-order valence-electron chi connectivity index (χ3n) is 3.67. The van der Waals surface area contributed by atoms with Crippen LogP contribution in [0.5, 0.6) is 0 Å². The lowest BCUT2D eigenvalue weighted by Gasteiger charge is -2.22. The van der Waals surface area contributed by atoms with E-state index >= 15 is 0 Å². The first-order chi connectivity index (χ1) is 9.36. The van der Waals surface area contributed by atoms with Gasteiger partial charge in [0.1, 0.15) is 5.84 Å². The first-order valence-corrected chi connectivity index (χ1v) is 7.96. The van der Waals surface area contributed by atoms with Gasteiger partial charge in [-0.3, -0.25) is 0 Å². The molecule has 114 valence electrons. The number of rotatable bonds is 8. The number of thiophene rings is 1. The average Bonchev–Trinajstić information content (AvgIpc) is 2.83. The molecule has 1 aromatic heterocycles. The van der Waals surface area contributed by atoms with Crippen LogP contribution in [0, 0.1) is 12.3 Å². The third kappa shape index (κ3) is 5.13. The van der Waals surface area contributed by atoms with Gasteiger partial charge >= 0.3 is 0 Å². The molecule has 1 unspecified atom stereocenters. The summed E-state index contributed by atoms with van der Waals surface area (Å²) in [6, 6.07) is 4.77. The summed E-state index contributed by atoms with van der Waals surface area (Å²) in [7, 11) is 0. The van der Waals surface area contributed by atoms with Crippen molar-refractivity contribution in [2.24, 2.45) is 16.3 Å². The van der Waals surface area contributed by atoms with Crippen molar-refractivity contribution in [1.29, 1.82) is 0 Å². The van der Waals surface area contributed by atoms with E-state index in [0.29, 0.717) is 11.9 Å². The van der Waals surface area contributed by atoms with Gasteiger partial charge in [0.2, 0.25) is 0 Å². The lowest BCUT2D eigenvalue weighted by Crippen LogP contribution is -2.32. The largest absolute Gasteiger partial charge is 0.409 e. The van der Waals surface area contributed by atoms with Gasteiger partial charge in [0.05, 0.1) is 0 Å². The fourth-order valence-corrected chi connectivity index (χ4v) is 2.96. The van der Waals surface area contributed by atoms with E-state index in [0.717, 1.165) is 25.8 Å². The summed E-state index contributed by atoms with van der Waals surface area (Å²) in [6.07, 6.45) is 3.08. The summed E-state index contributed by atoms with van der Waals surface area (Å²) in [4.78, 5) is 2.74. The highest BCUT2D eigenvalue weighted by molar-refractivity contribution is 7.12. The lowest BCUT2D eigenvalue weighted by molar-refractivity contribution is 0.304. The average molecular weight is 297 g/mol. The Morgan fingerprint density at radius 2 is 2.15 bits per heavy atom. The first kappa shape index (κ1) is 17.0. The molecule has 0 fully saturated rings. The quantitative estimate of drug-likeness (QED) is 0.225. The molecule has 0 aliphatic carbocycles. The number of hydrogen-bond donors (Lipinski definition) is 3. The van der Waals surface area contributed by atoms with E-state index in [-0.39, 0.29) is 5.41 Å². The normalized spacial score (nSPS) is 14.5. The zero-order valence-corrected chi connectivity index (χ0v) is 13.8. The molecule has 4 N–H and O–H groups in total. The molecule has 0 amide bonds.